The zero-order chi connectivity index (χ0) is 95.7. The lowest BCUT2D eigenvalue weighted by molar-refractivity contribution is -0.129. The van der Waals surface area contributed by atoms with Crippen LogP contribution in [0.3, 0.4) is 0 Å². The first-order valence-electron chi connectivity index (χ1n) is 43.8. The quantitative estimate of drug-likeness (QED) is 0.0279. The second-order valence-electron chi connectivity index (χ2n) is 30.1. The minimum atomic E-state index is 0.0186. The monoisotopic (exact) mass is 1770 g/mol. The number of ether oxygens (including phenoxy) is 8. The van der Waals surface area contributed by atoms with Crippen LogP contribution in [0.1, 0.15) is 275 Å². The zero-order valence-corrected chi connectivity index (χ0v) is 80.3. The van der Waals surface area contributed by atoms with Crippen LogP contribution in [0, 0.1) is 0 Å². The van der Waals surface area contributed by atoms with E-state index in [0.717, 1.165) is 79.3 Å². The highest BCUT2D eigenvalue weighted by atomic mass is 16.5. The fourth-order valence-electron chi connectivity index (χ4n) is 11.7. The molecule has 4 aromatic carbocycles. The molecule has 0 radical (unpaired) electrons. The summed E-state index contributed by atoms with van der Waals surface area (Å²) in [4.78, 5) is 108. The number of carbonyl (C=O) groups is 7. The predicted molar refractivity (Wildman–Crippen MR) is 515 cm³/mol. The number of benzene rings is 4. The molecule has 0 aliphatic carbocycles. The highest BCUT2D eigenvalue weighted by molar-refractivity contribution is 5.99. The van der Waals surface area contributed by atoms with Gasteiger partial charge in [0.1, 0.15) is 22.9 Å². The van der Waals surface area contributed by atoms with Crippen molar-refractivity contribution in [2.45, 2.75) is 211 Å². The Balaban J connectivity index is 0.000000483. The smallest absolute Gasteiger partial charge is 0.222 e. The standard InChI is InChI=1S/C12H14N2O2.C12H12N2O2.3C10H10O2.C10H14.C9H13NO2.C9H13N.C8H15NO.C8H18O2.C7H12N2/c1-15-7-10-5-3-9-4-6-11(8-16-2)14-12(9)13-10;1-15-9-5-3-7-13-11(9)12-10(16-2)6-4-8-14-12;3*1-7(11)9-3-5-10(6-4-9)8(2)12;1-3-9(2)10-7-5-4-6-8-10;1-11-6-8-4-3-5-9(10-8)7-12-2;1-3-8(2)9-4-6-10-7-5-9;1-3-7(2)9-6-4-5-8(9)10;1-9-7-5-3-4-6-8-10-2;1-3-7(2)9-5-4-8-6-9/h3-6H,7-8H2,1-2H3;3-8H,1-2H3;3*3-6H,1-2H3;4-9H,3H2,1-2H3;3-5H,6-7H2,1-2H3;4-8H,3H2,1-2H3;7H,3-6H2,1-2H3;3-8H2,1-2H3;4-7H,3H2,1-2H3. The van der Waals surface area contributed by atoms with E-state index >= 15 is 0 Å². The number of ketones is 6. The Labute approximate surface area is 767 Å². The van der Waals surface area contributed by atoms with Gasteiger partial charge >= 0.3 is 0 Å². The molecule has 24 heteroatoms. The van der Waals surface area contributed by atoms with Gasteiger partial charge in [0.2, 0.25) is 5.91 Å². The lowest BCUT2D eigenvalue weighted by Crippen LogP contribution is -2.33. The number of Topliss-reactive ketones (excluding diaryl/α,β-unsaturated/α-hetero) is 6. The highest BCUT2D eigenvalue weighted by Crippen LogP contribution is 2.32. The van der Waals surface area contributed by atoms with Gasteiger partial charge in [0.15, 0.2) is 40.3 Å². The second-order valence-corrected chi connectivity index (χ2v) is 30.1. The number of imidazole rings is 1. The molecule has 12 rings (SSSR count). The highest BCUT2D eigenvalue weighted by Gasteiger charge is 2.23. The number of aromatic nitrogens is 8. The van der Waals surface area contributed by atoms with E-state index in [0.29, 0.717) is 113 Å². The molecule has 0 saturated carbocycles. The normalized spacial score (nSPS) is 11.6. The Bertz CT molecular complexity index is 4490. The molecule has 696 valence electrons. The molecule has 7 aromatic heterocycles. The lowest BCUT2D eigenvalue weighted by atomic mass is 9.99. The van der Waals surface area contributed by atoms with Crippen LogP contribution in [0.4, 0.5) is 0 Å². The zero-order valence-electron chi connectivity index (χ0n) is 80.3. The SMILES string of the molecule is CC(=O)c1ccc(C(C)=O)cc1.CC(=O)c1ccc(C(C)=O)cc1.CC(=O)c1ccc(C(C)=O)cc1.CCC(C)N1CCCC1=O.CCC(C)c1ccccc1.CCC(C)c1ccncc1.CCC(C)n1ccnc1.COCCCCCCOC.COCc1ccc2ccc(COC)nc2n1.COCc1cccc(COC)n1.COc1cccnc1-c1ncccc1OC. The van der Waals surface area contributed by atoms with E-state index in [2.05, 4.69) is 137 Å². The number of likely N-dealkylation sites (tertiary alicyclic amines) is 1. The van der Waals surface area contributed by atoms with Gasteiger partial charge in [-0.3, -0.25) is 53.5 Å². The molecule has 1 saturated heterocycles. The number of unbranched alkanes of at least 4 members (excludes halogenated alkanes) is 3. The predicted octanol–water partition coefficient (Wildman–Crippen LogP) is 22.6. The van der Waals surface area contributed by atoms with Gasteiger partial charge < -0.3 is 47.4 Å². The van der Waals surface area contributed by atoms with Gasteiger partial charge in [-0.1, -0.05) is 164 Å². The summed E-state index contributed by atoms with van der Waals surface area (Å²) in [5.41, 5.74) is 12.4. The number of hydrogen-bond donors (Lipinski definition) is 0. The first-order valence-corrected chi connectivity index (χ1v) is 43.8. The Morgan fingerprint density at radius 1 is 0.364 bits per heavy atom. The van der Waals surface area contributed by atoms with Gasteiger partial charge in [-0.15, -0.1) is 0 Å². The third-order valence-corrected chi connectivity index (χ3v) is 20.2. The van der Waals surface area contributed by atoms with Crippen molar-refractivity contribution in [2.24, 2.45) is 0 Å². The Kier molecular flexibility index (Phi) is 59.9. The number of pyridine rings is 6. The molecule has 11 aromatic rings. The molecular weight excluding hydrogens is 1630 g/mol. The summed E-state index contributed by atoms with van der Waals surface area (Å²) in [7, 11) is 13.3. The van der Waals surface area contributed by atoms with Crippen LogP contribution in [0.25, 0.3) is 22.4 Å². The molecule has 0 bridgehead atoms. The molecule has 24 nitrogen and oxygen atoms in total. The van der Waals surface area contributed by atoms with Crippen LogP contribution >= 0.6 is 0 Å². The summed E-state index contributed by atoms with van der Waals surface area (Å²) in [6.07, 6.45) is 24.1. The van der Waals surface area contributed by atoms with Gasteiger partial charge in [0.05, 0.1) is 69.8 Å². The van der Waals surface area contributed by atoms with Gasteiger partial charge in [0, 0.05) is 157 Å². The Morgan fingerprint density at radius 2 is 0.729 bits per heavy atom. The van der Waals surface area contributed by atoms with E-state index in [4.69, 9.17) is 37.9 Å². The summed E-state index contributed by atoms with van der Waals surface area (Å²) in [6.45, 7) is 31.4. The van der Waals surface area contributed by atoms with Crippen molar-refractivity contribution in [2.75, 3.05) is 76.6 Å². The number of fused-ring (bicyclic) bond motifs is 1. The molecule has 8 heterocycles. The molecular formula is C105H141N9O15. The Hall–Kier alpha value is -11.9. The Morgan fingerprint density at radius 3 is 1.03 bits per heavy atom. The summed E-state index contributed by atoms with van der Waals surface area (Å²) < 4.78 is 42.4. The summed E-state index contributed by atoms with van der Waals surface area (Å²) >= 11 is 0. The number of nitrogens with zero attached hydrogens (tertiary/aromatic N) is 9. The molecule has 1 aliphatic rings. The van der Waals surface area contributed by atoms with Crippen molar-refractivity contribution in [3.8, 4) is 22.9 Å². The summed E-state index contributed by atoms with van der Waals surface area (Å²) in [5, 5.41) is 1.03. The fraction of sp³-hybridized carbons (Fsp3) is 0.410. The van der Waals surface area contributed by atoms with Crippen LogP contribution < -0.4 is 9.47 Å². The lowest BCUT2D eigenvalue weighted by Gasteiger charge is -2.22. The van der Waals surface area contributed by atoms with Crippen molar-refractivity contribution < 1.29 is 71.5 Å². The minimum absolute atomic E-state index is 0.0186. The number of hydrogen-bond acceptors (Lipinski definition) is 22. The van der Waals surface area contributed by atoms with E-state index in [9.17, 15) is 33.6 Å². The van der Waals surface area contributed by atoms with E-state index in [-0.39, 0.29) is 34.7 Å². The van der Waals surface area contributed by atoms with Gasteiger partial charge in [-0.2, -0.15) is 0 Å². The van der Waals surface area contributed by atoms with Crippen molar-refractivity contribution in [1.82, 2.24) is 44.4 Å². The third-order valence-electron chi connectivity index (χ3n) is 20.2. The minimum Gasteiger partial charge on any atom is -0.494 e. The van der Waals surface area contributed by atoms with Crippen LogP contribution in [0.15, 0.2) is 225 Å². The first kappa shape index (κ1) is 113. The number of amides is 1. The molecule has 4 unspecified atom stereocenters. The van der Waals surface area contributed by atoms with Crippen molar-refractivity contribution in [3.05, 3.63) is 293 Å². The number of rotatable bonds is 32. The first-order chi connectivity index (χ1) is 62.1. The van der Waals surface area contributed by atoms with Crippen LogP contribution in [0.5, 0.6) is 11.5 Å². The fourth-order valence-corrected chi connectivity index (χ4v) is 11.7. The molecule has 1 aliphatic heterocycles. The molecule has 0 spiro atoms. The van der Waals surface area contributed by atoms with Gasteiger partial charge in [-0.05, 0) is 196 Å². The molecule has 1 fully saturated rings. The second kappa shape index (κ2) is 68.3. The van der Waals surface area contributed by atoms with E-state index in [1.54, 1.807) is 142 Å². The van der Waals surface area contributed by atoms with Crippen LogP contribution in [0.2, 0.25) is 0 Å². The average Bonchev–Trinajstić information content (AvgIpc) is 1.71. The van der Waals surface area contributed by atoms with Crippen molar-refractivity contribution in [1.29, 1.82) is 0 Å². The van der Waals surface area contributed by atoms with E-state index in [1.165, 1.54) is 91.2 Å². The topological polar surface area (TPSA) is 292 Å². The number of carbonyl (C=O) groups excluding carboxylic acids is 7. The largest absolute Gasteiger partial charge is 0.494 e. The van der Waals surface area contributed by atoms with Gasteiger partial charge in [0.25, 0.3) is 0 Å². The maximum absolute atomic E-state index is 11.1. The number of methoxy groups -OCH3 is 8. The molecule has 0 N–H and O–H groups in total. The van der Waals surface area contributed by atoms with E-state index in [1.807, 2.05) is 103 Å². The molecule has 129 heavy (non-hydrogen) atoms. The maximum atomic E-state index is 11.1. The third kappa shape index (κ3) is 46.6. The van der Waals surface area contributed by atoms with Crippen LogP contribution in [-0.2, 0) is 59.6 Å². The summed E-state index contributed by atoms with van der Waals surface area (Å²) in [5.74, 6) is 3.19. The average molecular weight is 1770 g/mol. The van der Waals surface area contributed by atoms with Crippen LogP contribution in [-0.4, -0.2) is 168 Å². The maximum Gasteiger partial charge on any atom is 0.222 e. The molecule has 1 amide bonds. The molecule has 4 atom stereocenters. The van der Waals surface area contributed by atoms with E-state index < -0.39 is 0 Å². The van der Waals surface area contributed by atoms with Crippen molar-refractivity contribution in [3.63, 3.8) is 0 Å². The summed E-state index contributed by atoms with van der Waals surface area (Å²) in [6, 6.07) is 56.9. The van der Waals surface area contributed by atoms with Crippen molar-refractivity contribution >= 4 is 51.6 Å². The van der Waals surface area contributed by atoms with Gasteiger partial charge in [-0.25, -0.2) is 15.0 Å².